The van der Waals surface area contributed by atoms with Crippen LogP contribution in [0.1, 0.15) is 29.3 Å². The van der Waals surface area contributed by atoms with E-state index in [4.69, 9.17) is 0 Å². The summed E-state index contributed by atoms with van der Waals surface area (Å²) in [5, 5.41) is 16.6. The molecular formula is C13H19N3O3. The number of nitrogens with one attached hydrogen (secondary N) is 2. The van der Waals surface area contributed by atoms with Gasteiger partial charge in [-0.05, 0) is 31.5 Å². The smallest absolute Gasteiger partial charge is 0.269 e. The molecule has 1 rings (SSSR count). The van der Waals surface area contributed by atoms with Gasteiger partial charge in [0.25, 0.3) is 11.6 Å². The Morgan fingerprint density at radius 1 is 1.32 bits per heavy atom. The highest BCUT2D eigenvalue weighted by atomic mass is 16.6. The minimum Gasteiger partial charge on any atom is -0.351 e. The second-order valence-corrected chi connectivity index (χ2v) is 4.26. The summed E-state index contributed by atoms with van der Waals surface area (Å²) < 4.78 is 0. The zero-order valence-electron chi connectivity index (χ0n) is 11.2. The van der Waals surface area contributed by atoms with Gasteiger partial charge in [-0.1, -0.05) is 6.92 Å². The Morgan fingerprint density at radius 3 is 2.63 bits per heavy atom. The Kier molecular flexibility index (Phi) is 5.95. The third-order valence-electron chi connectivity index (χ3n) is 2.68. The Labute approximate surface area is 112 Å². The van der Waals surface area contributed by atoms with E-state index in [2.05, 4.69) is 17.6 Å². The van der Waals surface area contributed by atoms with E-state index in [0.29, 0.717) is 24.2 Å². The van der Waals surface area contributed by atoms with Crippen LogP contribution >= 0.6 is 0 Å². The van der Waals surface area contributed by atoms with Crippen LogP contribution in [-0.4, -0.2) is 30.5 Å². The molecule has 2 N–H and O–H groups in total. The molecule has 0 bridgehead atoms. The van der Waals surface area contributed by atoms with Crippen molar-refractivity contribution in [2.24, 2.45) is 0 Å². The number of aryl methyl sites for hydroxylation is 1. The molecule has 6 heteroatoms. The van der Waals surface area contributed by atoms with Crippen LogP contribution in [0.2, 0.25) is 0 Å². The van der Waals surface area contributed by atoms with Gasteiger partial charge in [-0.25, -0.2) is 0 Å². The number of nitro groups is 1. The maximum absolute atomic E-state index is 11.9. The van der Waals surface area contributed by atoms with E-state index in [1.807, 2.05) is 0 Å². The standard InChI is InChI=1S/C13H19N3O3/c1-3-6-14-7-8-15-13(17)12-5-4-11(16(18)19)9-10(12)2/h4-5,9,14H,3,6-8H2,1-2H3,(H,15,17). The molecule has 0 aliphatic rings. The number of rotatable bonds is 7. The highest BCUT2D eigenvalue weighted by Gasteiger charge is 2.12. The number of carbonyl (C=O) groups excluding carboxylic acids is 1. The molecule has 0 unspecified atom stereocenters. The van der Waals surface area contributed by atoms with Crippen LogP contribution in [0.25, 0.3) is 0 Å². The molecule has 1 amide bonds. The van der Waals surface area contributed by atoms with Crippen molar-refractivity contribution in [2.45, 2.75) is 20.3 Å². The van der Waals surface area contributed by atoms with Gasteiger partial charge in [-0.3, -0.25) is 14.9 Å². The lowest BCUT2D eigenvalue weighted by Crippen LogP contribution is -2.32. The summed E-state index contributed by atoms with van der Waals surface area (Å²) in [7, 11) is 0. The van der Waals surface area contributed by atoms with E-state index in [9.17, 15) is 14.9 Å². The Balaban J connectivity index is 2.55. The lowest BCUT2D eigenvalue weighted by molar-refractivity contribution is -0.384. The van der Waals surface area contributed by atoms with E-state index >= 15 is 0 Å². The number of non-ortho nitro benzene ring substituents is 1. The second kappa shape index (κ2) is 7.48. The van der Waals surface area contributed by atoms with E-state index in [-0.39, 0.29) is 11.6 Å². The molecule has 104 valence electrons. The van der Waals surface area contributed by atoms with Gasteiger partial charge in [0.15, 0.2) is 0 Å². The third-order valence-corrected chi connectivity index (χ3v) is 2.68. The molecule has 0 heterocycles. The topological polar surface area (TPSA) is 84.3 Å². The largest absolute Gasteiger partial charge is 0.351 e. The van der Waals surface area contributed by atoms with Crippen LogP contribution in [0.3, 0.4) is 0 Å². The molecule has 0 spiro atoms. The summed E-state index contributed by atoms with van der Waals surface area (Å²) >= 11 is 0. The maximum atomic E-state index is 11.9. The number of amides is 1. The number of nitrogens with zero attached hydrogens (tertiary/aromatic N) is 1. The second-order valence-electron chi connectivity index (χ2n) is 4.26. The van der Waals surface area contributed by atoms with Gasteiger partial charge in [0.05, 0.1) is 4.92 Å². The van der Waals surface area contributed by atoms with E-state index in [1.54, 1.807) is 6.92 Å². The average Bonchev–Trinajstić information content (AvgIpc) is 2.38. The predicted octanol–water partition coefficient (Wildman–Crippen LogP) is 1.63. The van der Waals surface area contributed by atoms with Gasteiger partial charge in [0.1, 0.15) is 0 Å². The van der Waals surface area contributed by atoms with Gasteiger partial charge in [0.2, 0.25) is 0 Å². The normalized spacial score (nSPS) is 10.2. The van der Waals surface area contributed by atoms with Crippen molar-refractivity contribution in [2.75, 3.05) is 19.6 Å². The van der Waals surface area contributed by atoms with E-state index in [0.717, 1.165) is 13.0 Å². The van der Waals surface area contributed by atoms with Crippen molar-refractivity contribution in [1.82, 2.24) is 10.6 Å². The van der Waals surface area contributed by atoms with Crippen molar-refractivity contribution in [1.29, 1.82) is 0 Å². The first-order valence-electron chi connectivity index (χ1n) is 6.30. The average molecular weight is 265 g/mol. The minimum atomic E-state index is -0.469. The fourth-order valence-electron chi connectivity index (χ4n) is 1.68. The minimum absolute atomic E-state index is 0.00124. The molecule has 19 heavy (non-hydrogen) atoms. The number of carbonyl (C=O) groups is 1. The summed E-state index contributed by atoms with van der Waals surface area (Å²) in [5.41, 5.74) is 1.08. The lowest BCUT2D eigenvalue weighted by Gasteiger charge is -2.08. The van der Waals surface area contributed by atoms with E-state index < -0.39 is 4.92 Å². The Bertz CT molecular complexity index is 460. The van der Waals surface area contributed by atoms with Crippen LogP contribution in [-0.2, 0) is 0 Å². The van der Waals surface area contributed by atoms with Crippen molar-refractivity contribution in [3.05, 3.63) is 39.4 Å². The van der Waals surface area contributed by atoms with Gasteiger partial charge in [-0.15, -0.1) is 0 Å². The SMILES string of the molecule is CCCNCCNC(=O)c1ccc([N+](=O)[O-])cc1C. The summed E-state index contributed by atoms with van der Waals surface area (Å²) in [6.45, 7) is 5.94. The highest BCUT2D eigenvalue weighted by Crippen LogP contribution is 2.16. The van der Waals surface area contributed by atoms with E-state index in [1.165, 1.54) is 18.2 Å². The van der Waals surface area contributed by atoms with Crippen LogP contribution in [0.5, 0.6) is 0 Å². The summed E-state index contributed by atoms with van der Waals surface area (Å²) in [4.78, 5) is 22.0. The van der Waals surface area contributed by atoms with Gasteiger partial charge >= 0.3 is 0 Å². The molecule has 6 nitrogen and oxygen atoms in total. The first-order valence-corrected chi connectivity index (χ1v) is 6.30. The van der Waals surface area contributed by atoms with Crippen LogP contribution in [0.15, 0.2) is 18.2 Å². The summed E-state index contributed by atoms with van der Waals surface area (Å²) in [6.07, 6.45) is 1.05. The van der Waals surface area contributed by atoms with Gasteiger partial charge in [0, 0.05) is 30.8 Å². The molecular weight excluding hydrogens is 246 g/mol. The molecule has 0 saturated carbocycles. The van der Waals surface area contributed by atoms with Crippen LogP contribution < -0.4 is 10.6 Å². The highest BCUT2D eigenvalue weighted by molar-refractivity contribution is 5.95. The molecule has 0 fully saturated rings. The van der Waals surface area contributed by atoms with Crippen LogP contribution in [0, 0.1) is 17.0 Å². The molecule has 0 aromatic heterocycles. The first-order chi connectivity index (χ1) is 9.06. The predicted molar refractivity (Wildman–Crippen MR) is 73.3 cm³/mol. The fourth-order valence-corrected chi connectivity index (χ4v) is 1.68. The van der Waals surface area contributed by atoms with Crippen molar-refractivity contribution in [3.8, 4) is 0 Å². The Morgan fingerprint density at radius 2 is 2.05 bits per heavy atom. The quantitative estimate of drug-likeness (QED) is 0.446. The molecule has 0 aliphatic heterocycles. The van der Waals surface area contributed by atoms with Crippen molar-refractivity contribution < 1.29 is 9.72 Å². The number of hydrogen-bond acceptors (Lipinski definition) is 4. The molecule has 0 atom stereocenters. The zero-order chi connectivity index (χ0) is 14.3. The maximum Gasteiger partial charge on any atom is 0.269 e. The number of benzene rings is 1. The fraction of sp³-hybridized carbons (Fsp3) is 0.462. The van der Waals surface area contributed by atoms with Crippen molar-refractivity contribution in [3.63, 3.8) is 0 Å². The number of nitro benzene ring substituents is 1. The molecule has 0 saturated heterocycles. The zero-order valence-corrected chi connectivity index (χ0v) is 11.2. The van der Waals surface area contributed by atoms with Gasteiger partial charge in [-0.2, -0.15) is 0 Å². The summed E-state index contributed by atoms with van der Waals surface area (Å²) in [5.74, 6) is -0.203. The Hall–Kier alpha value is -1.95. The molecule has 0 aliphatic carbocycles. The summed E-state index contributed by atoms with van der Waals surface area (Å²) in [6, 6.07) is 4.24. The lowest BCUT2D eigenvalue weighted by atomic mass is 10.1. The molecule has 0 radical (unpaired) electrons. The monoisotopic (exact) mass is 265 g/mol. The first kappa shape index (κ1) is 15.1. The van der Waals surface area contributed by atoms with Crippen molar-refractivity contribution >= 4 is 11.6 Å². The number of hydrogen-bond donors (Lipinski definition) is 2. The molecule has 1 aromatic carbocycles. The van der Waals surface area contributed by atoms with Crippen LogP contribution in [0.4, 0.5) is 5.69 Å². The third kappa shape index (κ3) is 4.67. The van der Waals surface area contributed by atoms with Gasteiger partial charge < -0.3 is 10.6 Å². The molecule has 1 aromatic rings.